The predicted molar refractivity (Wildman–Crippen MR) is 260 cm³/mol. The number of esters is 2. The average Bonchev–Trinajstić information content (AvgIpc) is 3.25. The smallest absolute Gasteiger partial charge is 0.306 e. The molecule has 0 aliphatic carbocycles. The molecule has 0 bridgehead atoms. The van der Waals surface area contributed by atoms with Crippen LogP contribution in [-0.4, -0.2) is 37.9 Å². The van der Waals surface area contributed by atoms with Crippen molar-refractivity contribution in [3.8, 4) is 0 Å². The highest BCUT2D eigenvalue weighted by Gasteiger charge is 2.17. The van der Waals surface area contributed by atoms with E-state index in [1.807, 2.05) is 6.08 Å². The van der Waals surface area contributed by atoms with Crippen molar-refractivity contribution in [3.63, 3.8) is 0 Å². The van der Waals surface area contributed by atoms with E-state index in [4.69, 9.17) is 14.2 Å². The maximum Gasteiger partial charge on any atom is 0.306 e. The Balaban J connectivity index is 4.37. The quantitative estimate of drug-likeness (QED) is 0.0348. The summed E-state index contributed by atoms with van der Waals surface area (Å²) >= 11 is 0. The SMILES string of the molecule is CC/C=C\C/C=C\C/C=C\C/C=C\CCC(=O)OC(COCCCCCCCC/C=C\CCCCCC)COC(=O)CCCCCCCCC/C=C\C/C=C\C/C=C\CC. The van der Waals surface area contributed by atoms with Gasteiger partial charge < -0.3 is 14.2 Å². The summed E-state index contributed by atoms with van der Waals surface area (Å²) in [5, 5.41) is 0. The summed E-state index contributed by atoms with van der Waals surface area (Å²) in [6.07, 6.45) is 67.1. The molecule has 0 rings (SSSR count). The van der Waals surface area contributed by atoms with Crippen molar-refractivity contribution in [1.29, 1.82) is 0 Å². The van der Waals surface area contributed by atoms with Crippen LogP contribution in [0, 0.1) is 0 Å². The molecule has 0 saturated heterocycles. The standard InChI is InChI=1S/C55H92O5/c1-4-7-10-13-16-19-22-25-27-28-29-31-33-36-39-42-45-48-54(56)59-52-53(51-58-50-47-44-41-38-35-32-26-23-20-17-14-11-8-5-2)60-55(57)49-46-43-40-37-34-30-24-21-18-15-12-9-6-3/h7,9-10,12,16,18-21,23,25,27,30,34,40,43,53H,4-6,8,11,13-15,17,22,24,26,28-29,31-33,35-39,41-42,44-52H2,1-3H3/b10-7-,12-9-,19-16-,21-18-,23-20-,27-25-,34-30-,43-40-. The molecule has 0 aromatic heterocycles. The molecule has 0 amide bonds. The molecule has 1 atom stereocenters. The van der Waals surface area contributed by atoms with E-state index in [1.54, 1.807) is 0 Å². The molecule has 0 fully saturated rings. The second-order valence-electron chi connectivity index (χ2n) is 15.9. The van der Waals surface area contributed by atoms with E-state index in [0.29, 0.717) is 25.9 Å². The highest BCUT2D eigenvalue weighted by molar-refractivity contribution is 5.70. The van der Waals surface area contributed by atoms with Gasteiger partial charge in [-0.1, -0.05) is 195 Å². The molecule has 0 aliphatic heterocycles. The maximum atomic E-state index is 12.7. The Hall–Kier alpha value is -3.18. The van der Waals surface area contributed by atoms with Crippen LogP contribution in [0.4, 0.5) is 0 Å². The molecule has 0 spiro atoms. The van der Waals surface area contributed by atoms with Crippen LogP contribution in [0.2, 0.25) is 0 Å². The number of ether oxygens (including phenoxy) is 3. The van der Waals surface area contributed by atoms with Crippen LogP contribution >= 0.6 is 0 Å². The summed E-state index contributed by atoms with van der Waals surface area (Å²) < 4.78 is 17.3. The molecule has 0 aromatic rings. The topological polar surface area (TPSA) is 61.8 Å². The van der Waals surface area contributed by atoms with E-state index in [1.165, 1.54) is 89.9 Å². The molecule has 60 heavy (non-hydrogen) atoms. The third-order valence-corrected chi connectivity index (χ3v) is 10.1. The minimum absolute atomic E-state index is 0.0444. The van der Waals surface area contributed by atoms with Crippen LogP contribution in [0.5, 0.6) is 0 Å². The third-order valence-electron chi connectivity index (χ3n) is 10.1. The van der Waals surface area contributed by atoms with Gasteiger partial charge in [0.2, 0.25) is 0 Å². The first kappa shape index (κ1) is 56.8. The Morgan fingerprint density at radius 2 is 0.783 bits per heavy atom. The molecule has 0 aromatic carbocycles. The average molecular weight is 833 g/mol. The first-order valence-corrected chi connectivity index (χ1v) is 24.8. The Kier molecular flexibility index (Phi) is 47.5. The van der Waals surface area contributed by atoms with Gasteiger partial charge in [-0.25, -0.2) is 0 Å². The van der Waals surface area contributed by atoms with Gasteiger partial charge in [0, 0.05) is 19.4 Å². The van der Waals surface area contributed by atoms with Gasteiger partial charge in [0.05, 0.1) is 6.61 Å². The molecular weight excluding hydrogens is 741 g/mol. The van der Waals surface area contributed by atoms with Crippen molar-refractivity contribution in [3.05, 3.63) is 97.2 Å². The minimum atomic E-state index is -0.585. The molecule has 0 radical (unpaired) electrons. The van der Waals surface area contributed by atoms with Crippen LogP contribution in [0.25, 0.3) is 0 Å². The number of unbranched alkanes of at least 4 members (excludes halogenated alkanes) is 17. The predicted octanol–water partition coefficient (Wildman–Crippen LogP) is 16.7. The van der Waals surface area contributed by atoms with Crippen LogP contribution in [-0.2, 0) is 23.8 Å². The van der Waals surface area contributed by atoms with E-state index in [2.05, 4.69) is 112 Å². The zero-order valence-electron chi connectivity index (χ0n) is 39.2. The van der Waals surface area contributed by atoms with Gasteiger partial charge >= 0.3 is 11.9 Å². The molecule has 5 nitrogen and oxygen atoms in total. The first-order chi connectivity index (χ1) is 29.6. The summed E-state index contributed by atoms with van der Waals surface area (Å²) in [7, 11) is 0. The molecule has 0 heterocycles. The molecule has 5 heteroatoms. The molecule has 0 N–H and O–H groups in total. The lowest BCUT2D eigenvalue weighted by Gasteiger charge is -2.18. The van der Waals surface area contributed by atoms with Crippen molar-refractivity contribution < 1.29 is 23.8 Å². The largest absolute Gasteiger partial charge is 0.462 e. The monoisotopic (exact) mass is 833 g/mol. The molecule has 0 saturated carbocycles. The van der Waals surface area contributed by atoms with Gasteiger partial charge in [0.25, 0.3) is 0 Å². The number of hydrogen-bond acceptors (Lipinski definition) is 5. The zero-order valence-corrected chi connectivity index (χ0v) is 39.2. The van der Waals surface area contributed by atoms with Gasteiger partial charge in [-0.3, -0.25) is 9.59 Å². The fourth-order valence-corrected chi connectivity index (χ4v) is 6.47. The lowest BCUT2D eigenvalue weighted by Crippen LogP contribution is -2.30. The van der Waals surface area contributed by atoms with Crippen LogP contribution in [0.1, 0.15) is 213 Å². The second kappa shape index (κ2) is 50.2. The summed E-state index contributed by atoms with van der Waals surface area (Å²) in [5.41, 5.74) is 0. The Labute approximate surface area is 371 Å². The Morgan fingerprint density at radius 3 is 1.28 bits per heavy atom. The highest BCUT2D eigenvalue weighted by Crippen LogP contribution is 2.12. The number of rotatable bonds is 44. The summed E-state index contributed by atoms with van der Waals surface area (Å²) in [6, 6.07) is 0. The zero-order chi connectivity index (χ0) is 43.5. The molecule has 342 valence electrons. The first-order valence-electron chi connectivity index (χ1n) is 24.8. The second-order valence-corrected chi connectivity index (χ2v) is 15.9. The number of carbonyl (C=O) groups excluding carboxylic acids is 2. The summed E-state index contributed by atoms with van der Waals surface area (Å²) in [4.78, 5) is 25.3. The number of hydrogen-bond donors (Lipinski definition) is 0. The highest BCUT2D eigenvalue weighted by atomic mass is 16.6. The number of allylic oxidation sites excluding steroid dienone is 16. The fraction of sp³-hybridized carbons (Fsp3) is 0.673. The van der Waals surface area contributed by atoms with E-state index in [9.17, 15) is 9.59 Å². The molecule has 1 unspecified atom stereocenters. The normalized spacial score (nSPS) is 13.1. The van der Waals surface area contributed by atoms with Crippen molar-refractivity contribution in [2.45, 2.75) is 219 Å². The van der Waals surface area contributed by atoms with Crippen molar-refractivity contribution >= 4 is 11.9 Å². The van der Waals surface area contributed by atoms with E-state index in [0.717, 1.165) is 83.5 Å². The number of carbonyl (C=O) groups is 2. The molecular formula is C55H92O5. The van der Waals surface area contributed by atoms with Gasteiger partial charge in [-0.15, -0.1) is 0 Å². The van der Waals surface area contributed by atoms with Gasteiger partial charge in [0.15, 0.2) is 6.10 Å². The fourth-order valence-electron chi connectivity index (χ4n) is 6.47. The lowest BCUT2D eigenvalue weighted by molar-refractivity contribution is -0.162. The van der Waals surface area contributed by atoms with Crippen molar-refractivity contribution in [2.24, 2.45) is 0 Å². The minimum Gasteiger partial charge on any atom is -0.462 e. The van der Waals surface area contributed by atoms with E-state index >= 15 is 0 Å². The van der Waals surface area contributed by atoms with Crippen LogP contribution < -0.4 is 0 Å². The third kappa shape index (κ3) is 47.5. The lowest BCUT2D eigenvalue weighted by atomic mass is 10.1. The molecule has 0 aliphatic rings. The van der Waals surface area contributed by atoms with E-state index in [-0.39, 0.29) is 25.2 Å². The Bertz CT molecular complexity index is 1170. The summed E-state index contributed by atoms with van der Waals surface area (Å²) in [6.45, 7) is 7.48. The van der Waals surface area contributed by atoms with Crippen LogP contribution in [0.15, 0.2) is 97.2 Å². The van der Waals surface area contributed by atoms with E-state index < -0.39 is 6.10 Å². The maximum absolute atomic E-state index is 12.7. The van der Waals surface area contributed by atoms with Crippen LogP contribution in [0.3, 0.4) is 0 Å². The Morgan fingerprint density at radius 1 is 0.383 bits per heavy atom. The van der Waals surface area contributed by atoms with Gasteiger partial charge in [0.1, 0.15) is 6.61 Å². The van der Waals surface area contributed by atoms with Gasteiger partial charge in [-0.2, -0.15) is 0 Å². The van der Waals surface area contributed by atoms with Crippen molar-refractivity contribution in [2.75, 3.05) is 19.8 Å². The van der Waals surface area contributed by atoms with Gasteiger partial charge in [-0.05, 0) is 103 Å². The summed E-state index contributed by atoms with van der Waals surface area (Å²) in [5.74, 6) is -0.509. The van der Waals surface area contributed by atoms with Crippen molar-refractivity contribution in [1.82, 2.24) is 0 Å².